The van der Waals surface area contributed by atoms with Crippen molar-refractivity contribution in [3.8, 4) is 0 Å². The highest BCUT2D eigenvalue weighted by molar-refractivity contribution is 5.40. The predicted molar refractivity (Wildman–Crippen MR) is 68.8 cm³/mol. The smallest absolute Gasteiger partial charge is 0.209 e. The van der Waals surface area contributed by atoms with Gasteiger partial charge in [0.1, 0.15) is 0 Å². The minimum absolute atomic E-state index is 0.0109. The van der Waals surface area contributed by atoms with Crippen molar-refractivity contribution in [1.82, 2.24) is 0 Å². The van der Waals surface area contributed by atoms with Gasteiger partial charge in [0.15, 0.2) is 0 Å². The van der Waals surface area contributed by atoms with Crippen LogP contribution in [0.15, 0.2) is 22.8 Å². The van der Waals surface area contributed by atoms with Crippen LogP contribution in [0.5, 0.6) is 0 Å². The Kier molecular flexibility index (Phi) is 2.54. The van der Waals surface area contributed by atoms with Crippen molar-refractivity contribution in [3.63, 3.8) is 0 Å². The van der Waals surface area contributed by atoms with Crippen LogP contribution in [0.2, 0.25) is 0 Å². The van der Waals surface area contributed by atoms with Gasteiger partial charge in [0, 0.05) is 12.3 Å². The molecule has 2 N–H and O–H groups in total. The summed E-state index contributed by atoms with van der Waals surface area (Å²) >= 11 is 0. The van der Waals surface area contributed by atoms with E-state index in [1.165, 1.54) is 5.57 Å². The fourth-order valence-corrected chi connectivity index (χ4v) is 4.20. The van der Waals surface area contributed by atoms with E-state index in [2.05, 4.69) is 13.8 Å². The lowest BCUT2D eigenvalue weighted by Gasteiger charge is -2.40. The van der Waals surface area contributed by atoms with Crippen LogP contribution in [0.3, 0.4) is 0 Å². The second-order valence-electron chi connectivity index (χ2n) is 6.27. The number of aliphatic hydroxyl groups is 2. The second-order valence-corrected chi connectivity index (χ2v) is 6.27. The molecular formula is C15H22O3. The maximum absolute atomic E-state index is 10.7. The van der Waals surface area contributed by atoms with E-state index < -0.39 is 5.79 Å². The van der Waals surface area contributed by atoms with Gasteiger partial charge in [0.25, 0.3) is 0 Å². The fourth-order valence-electron chi connectivity index (χ4n) is 4.20. The first-order chi connectivity index (χ1) is 8.43. The van der Waals surface area contributed by atoms with Crippen LogP contribution in [0.4, 0.5) is 0 Å². The van der Waals surface area contributed by atoms with Crippen LogP contribution in [-0.2, 0) is 4.74 Å². The summed E-state index contributed by atoms with van der Waals surface area (Å²) in [6.07, 6.45) is 4.91. The molecule has 1 aliphatic carbocycles. The molecule has 3 aliphatic rings. The molecule has 2 aliphatic heterocycles. The first-order valence-electron chi connectivity index (χ1n) is 6.85. The van der Waals surface area contributed by atoms with E-state index in [4.69, 9.17) is 4.74 Å². The fraction of sp³-hybridized carbons (Fsp3) is 0.733. The monoisotopic (exact) mass is 250 g/mol. The summed E-state index contributed by atoms with van der Waals surface area (Å²) in [4.78, 5) is 0. The Morgan fingerprint density at radius 2 is 2.22 bits per heavy atom. The zero-order chi connectivity index (χ0) is 13.1. The molecule has 0 aromatic rings. The Balaban J connectivity index is 2.15. The maximum atomic E-state index is 10.7. The summed E-state index contributed by atoms with van der Waals surface area (Å²) in [6, 6.07) is 0. The number of aliphatic hydroxyl groups excluding tert-OH is 1. The van der Waals surface area contributed by atoms with Gasteiger partial charge >= 0.3 is 0 Å². The Morgan fingerprint density at radius 1 is 1.50 bits per heavy atom. The van der Waals surface area contributed by atoms with E-state index in [0.717, 1.165) is 30.4 Å². The number of hydrogen-bond donors (Lipinski definition) is 2. The van der Waals surface area contributed by atoms with Gasteiger partial charge in [-0.25, -0.2) is 0 Å². The van der Waals surface area contributed by atoms with Crippen LogP contribution in [0.25, 0.3) is 0 Å². The van der Waals surface area contributed by atoms with Crippen molar-refractivity contribution in [2.75, 3.05) is 6.61 Å². The van der Waals surface area contributed by atoms with Gasteiger partial charge < -0.3 is 14.9 Å². The van der Waals surface area contributed by atoms with Crippen LogP contribution >= 0.6 is 0 Å². The van der Waals surface area contributed by atoms with Gasteiger partial charge in [-0.3, -0.25) is 0 Å². The topological polar surface area (TPSA) is 49.7 Å². The Bertz CT molecular complexity index is 451. The van der Waals surface area contributed by atoms with E-state index >= 15 is 0 Å². The van der Waals surface area contributed by atoms with E-state index in [-0.39, 0.29) is 12.2 Å². The van der Waals surface area contributed by atoms with Gasteiger partial charge in [-0.2, -0.15) is 0 Å². The molecule has 1 saturated carbocycles. The zero-order valence-electron chi connectivity index (χ0n) is 11.4. The predicted octanol–water partition coefficient (Wildman–Crippen LogP) is 2.15. The summed E-state index contributed by atoms with van der Waals surface area (Å²) in [6.45, 7) is 6.19. The molecule has 4 atom stereocenters. The summed E-state index contributed by atoms with van der Waals surface area (Å²) < 4.78 is 6.12. The zero-order valence-corrected chi connectivity index (χ0v) is 11.4. The van der Waals surface area contributed by atoms with Gasteiger partial charge in [-0.1, -0.05) is 12.5 Å². The van der Waals surface area contributed by atoms with Crippen molar-refractivity contribution in [1.29, 1.82) is 0 Å². The minimum atomic E-state index is -1.27. The van der Waals surface area contributed by atoms with Gasteiger partial charge in [-0.15, -0.1) is 0 Å². The van der Waals surface area contributed by atoms with E-state index in [0.29, 0.717) is 11.8 Å². The number of fused-ring (bicyclic) bond motifs is 1. The standard InChI is InChI=1S/C15H22O3/c1-9-6-15(17)13(10(2)8-16)7-14(18-15)11(3)4-5-12(9)14/h6,11-12,16-17H,4-5,7-8H2,1-3H3/b13-10-/t11-,12-,14-,15+/m0/s1. The summed E-state index contributed by atoms with van der Waals surface area (Å²) in [5.41, 5.74) is 2.73. The van der Waals surface area contributed by atoms with Crippen molar-refractivity contribution in [2.45, 2.75) is 51.4 Å². The molecule has 18 heavy (non-hydrogen) atoms. The molecule has 2 bridgehead atoms. The highest BCUT2D eigenvalue weighted by atomic mass is 16.6. The lowest BCUT2D eigenvalue weighted by molar-refractivity contribution is -0.209. The Morgan fingerprint density at radius 3 is 2.89 bits per heavy atom. The molecule has 100 valence electrons. The van der Waals surface area contributed by atoms with Crippen molar-refractivity contribution in [3.05, 3.63) is 22.8 Å². The average Bonchev–Trinajstić information content (AvgIpc) is 2.76. The second kappa shape index (κ2) is 3.69. The van der Waals surface area contributed by atoms with Gasteiger partial charge in [0.2, 0.25) is 5.79 Å². The molecule has 0 radical (unpaired) electrons. The molecule has 0 aromatic heterocycles. The third kappa shape index (κ3) is 1.35. The van der Waals surface area contributed by atoms with Crippen molar-refractivity contribution < 1.29 is 14.9 Å². The Hall–Kier alpha value is -0.640. The molecule has 1 saturated heterocycles. The van der Waals surface area contributed by atoms with Crippen molar-refractivity contribution >= 4 is 0 Å². The highest BCUT2D eigenvalue weighted by Crippen LogP contribution is 2.61. The third-order valence-corrected chi connectivity index (χ3v) is 5.27. The summed E-state index contributed by atoms with van der Waals surface area (Å²) in [7, 11) is 0. The first kappa shape index (κ1) is 12.4. The molecular weight excluding hydrogens is 228 g/mol. The molecule has 2 fully saturated rings. The number of ether oxygens (including phenoxy) is 1. The molecule has 0 amide bonds. The molecule has 3 nitrogen and oxygen atoms in total. The Labute approximate surface area is 108 Å². The highest BCUT2D eigenvalue weighted by Gasteiger charge is 2.62. The molecule has 0 unspecified atom stereocenters. The number of hydrogen-bond acceptors (Lipinski definition) is 3. The van der Waals surface area contributed by atoms with Crippen molar-refractivity contribution in [2.24, 2.45) is 11.8 Å². The van der Waals surface area contributed by atoms with Crippen LogP contribution in [-0.4, -0.2) is 28.2 Å². The molecule has 2 heterocycles. The minimum Gasteiger partial charge on any atom is -0.392 e. The van der Waals surface area contributed by atoms with E-state index in [1.807, 2.05) is 13.0 Å². The molecule has 0 aromatic carbocycles. The molecule has 3 heteroatoms. The normalized spacial score (nSPS) is 49.1. The molecule has 1 spiro atoms. The number of rotatable bonds is 1. The average molecular weight is 250 g/mol. The van der Waals surface area contributed by atoms with Crippen LogP contribution in [0.1, 0.15) is 40.0 Å². The molecule has 3 rings (SSSR count). The first-order valence-corrected chi connectivity index (χ1v) is 6.85. The third-order valence-electron chi connectivity index (χ3n) is 5.27. The quantitative estimate of drug-likeness (QED) is 0.701. The van der Waals surface area contributed by atoms with Crippen LogP contribution in [0, 0.1) is 11.8 Å². The van der Waals surface area contributed by atoms with E-state index in [1.54, 1.807) is 0 Å². The lowest BCUT2D eigenvalue weighted by Crippen LogP contribution is -2.45. The maximum Gasteiger partial charge on any atom is 0.209 e. The van der Waals surface area contributed by atoms with E-state index in [9.17, 15) is 10.2 Å². The SMILES string of the molecule is CC1=C[C@@]2(O)O[C@@]3(C/C2=C(\C)CO)[C@@H](C)CC[C@@H]13. The summed E-state index contributed by atoms with van der Waals surface area (Å²) in [5, 5.41) is 20.1. The van der Waals surface area contributed by atoms with Gasteiger partial charge in [0.05, 0.1) is 12.2 Å². The largest absolute Gasteiger partial charge is 0.392 e. The van der Waals surface area contributed by atoms with Gasteiger partial charge in [-0.05, 0) is 49.8 Å². The summed E-state index contributed by atoms with van der Waals surface area (Å²) in [5.74, 6) is -0.384. The van der Waals surface area contributed by atoms with Crippen LogP contribution < -0.4 is 0 Å². The lowest BCUT2D eigenvalue weighted by atomic mass is 9.79.